The van der Waals surface area contributed by atoms with Crippen LogP contribution < -0.4 is 21.3 Å². The van der Waals surface area contributed by atoms with Crippen molar-refractivity contribution in [2.45, 2.75) is 78.4 Å². The van der Waals surface area contributed by atoms with Crippen LogP contribution in [0.4, 0.5) is 9.59 Å². The van der Waals surface area contributed by atoms with Crippen LogP contribution in [0, 0.1) is 0 Å². The van der Waals surface area contributed by atoms with Crippen LogP contribution in [0.25, 0.3) is 10.8 Å². The fraction of sp³-hybridized carbons (Fsp3) is 0.619. The smallest absolute Gasteiger partial charge is 0.407 e. The summed E-state index contributed by atoms with van der Waals surface area (Å²) in [6.07, 6.45) is 1.94. The van der Waals surface area contributed by atoms with Gasteiger partial charge in [0.25, 0.3) is 23.6 Å². The predicted molar refractivity (Wildman–Crippen MR) is 220 cm³/mol. The van der Waals surface area contributed by atoms with E-state index in [0.717, 1.165) is 65.2 Å². The van der Waals surface area contributed by atoms with Gasteiger partial charge in [-0.3, -0.25) is 29.0 Å². The van der Waals surface area contributed by atoms with Crippen molar-refractivity contribution in [3.63, 3.8) is 0 Å². The quantitative estimate of drug-likeness (QED) is 0.120. The largest absolute Gasteiger partial charge is 0.444 e. The summed E-state index contributed by atoms with van der Waals surface area (Å²) in [5.74, 6) is -1.68. The van der Waals surface area contributed by atoms with Crippen molar-refractivity contribution >= 4 is 46.6 Å². The van der Waals surface area contributed by atoms with Crippen LogP contribution in [0.2, 0.25) is 0 Å². The number of carbonyl (C=O) groups excluding carboxylic acids is 6. The Hall–Kier alpha value is -4.64. The van der Waals surface area contributed by atoms with Gasteiger partial charge in [-0.2, -0.15) is 0 Å². The number of rotatable bonds is 19. The van der Waals surface area contributed by atoms with Crippen LogP contribution in [0.3, 0.4) is 0 Å². The third-order valence-corrected chi connectivity index (χ3v) is 10.1. The predicted octanol–water partition coefficient (Wildman–Crippen LogP) is 3.44. The zero-order valence-corrected chi connectivity index (χ0v) is 35.1. The van der Waals surface area contributed by atoms with Gasteiger partial charge in [-0.1, -0.05) is 0 Å². The molecule has 0 atom stereocenters. The highest BCUT2D eigenvalue weighted by atomic mass is 16.6. The molecule has 0 bridgehead atoms. The zero-order chi connectivity index (χ0) is 42.0. The number of nitrogens with zero attached hydrogens (tertiary/aromatic N) is 4. The van der Waals surface area contributed by atoms with Crippen molar-refractivity contribution < 1.29 is 38.2 Å². The first-order chi connectivity index (χ1) is 27.5. The van der Waals surface area contributed by atoms with E-state index in [9.17, 15) is 28.8 Å². The van der Waals surface area contributed by atoms with Gasteiger partial charge in [-0.15, -0.1) is 0 Å². The fourth-order valence-electron chi connectivity index (χ4n) is 7.38. The molecule has 1 fully saturated rings. The Labute approximate surface area is 341 Å². The molecule has 0 spiro atoms. The summed E-state index contributed by atoms with van der Waals surface area (Å²) in [4.78, 5) is 85.6. The van der Waals surface area contributed by atoms with E-state index in [2.05, 4.69) is 31.1 Å². The Morgan fingerprint density at radius 2 is 0.845 bits per heavy atom. The molecule has 6 amide bonds. The number of amides is 6. The van der Waals surface area contributed by atoms with Crippen LogP contribution in [0.5, 0.6) is 0 Å². The van der Waals surface area contributed by atoms with Crippen LogP contribution in [-0.2, 0) is 9.47 Å². The summed E-state index contributed by atoms with van der Waals surface area (Å²) in [7, 11) is 0. The fourth-order valence-corrected chi connectivity index (χ4v) is 7.38. The van der Waals surface area contributed by atoms with E-state index < -0.39 is 47.0 Å². The highest BCUT2D eigenvalue weighted by molar-refractivity contribution is 6.33. The molecule has 4 N–H and O–H groups in total. The van der Waals surface area contributed by atoms with Gasteiger partial charge in [0.2, 0.25) is 0 Å². The van der Waals surface area contributed by atoms with Gasteiger partial charge in [0.15, 0.2) is 0 Å². The minimum Gasteiger partial charge on any atom is -0.444 e. The maximum absolute atomic E-state index is 13.8. The normalized spacial score (nSPS) is 16.3. The summed E-state index contributed by atoms with van der Waals surface area (Å²) in [6, 6.07) is 6.45. The lowest BCUT2D eigenvalue weighted by Crippen LogP contribution is -2.48. The highest BCUT2D eigenvalue weighted by Gasteiger charge is 2.39. The molecule has 3 aliphatic rings. The number of carbonyl (C=O) groups is 6. The molecule has 1 saturated heterocycles. The first-order valence-electron chi connectivity index (χ1n) is 20.7. The monoisotopic (exact) mass is 806 g/mol. The first-order valence-corrected chi connectivity index (χ1v) is 20.7. The van der Waals surface area contributed by atoms with Crippen molar-refractivity contribution in [3.05, 3.63) is 46.5 Å². The summed E-state index contributed by atoms with van der Waals surface area (Å²) in [6.45, 7) is 20.5. The van der Waals surface area contributed by atoms with Crippen molar-refractivity contribution in [1.29, 1.82) is 0 Å². The topological polar surface area (TPSA) is 182 Å². The molecular weight excluding hydrogens is 745 g/mol. The maximum atomic E-state index is 13.8. The zero-order valence-electron chi connectivity index (χ0n) is 35.1. The second-order valence-corrected chi connectivity index (χ2v) is 17.1. The molecule has 0 radical (unpaired) electrons. The van der Waals surface area contributed by atoms with Crippen molar-refractivity contribution in [1.82, 2.24) is 40.9 Å². The first kappa shape index (κ1) is 44.5. The molecule has 318 valence electrons. The standard InChI is InChI=1S/C42H62N8O8/c1-41(2,3)57-39(55)45-17-7-15-43-19-20-44-16-8-23-49-35(51)29-11-13-31-34-32(14-12-30(33(29)34)36(49)52)38(54)50(37(31)53)24-10-22-48-27-25-47(26-28-48)21-9-18-46-40(56)58-42(4,5)6/h11-14,43-44H,7-10,15-28H2,1-6H3,(H,45,55)(H,46,56). The number of piperazine rings is 1. The van der Waals surface area contributed by atoms with E-state index in [1.165, 1.54) is 9.80 Å². The molecule has 0 saturated carbocycles. The summed E-state index contributed by atoms with van der Waals surface area (Å²) < 4.78 is 10.5. The van der Waals surface area contributed by atoms with E-state index in [1.54, 1.807) is 24.3 Å². The average molecular weight is 807 g/mol. The number of ether oxygens (including phenoxy) is 2. The van der Waals surface area contributed by atoms with E-state index in [4.69, 9.17) is 9.47 Å². The molecule has 3 aliphatic heterocycles. The molecular formula is C42H62N8O8. The summed E-state index contributed by atoms with van der Waals surface area (Å²) in [5, 5.41) is 12.9. The van der Waals surface area contributed by atoms with Gasteiger partial charge in [0.05, 0.1) is 0 Å². The Morgan fingerprint density at radius 3 is 1.26 bits per heavy atom. The van der Waals surface area contributed by atoms with E-state index in [-0.39, 0.29) is 13.1 Å². The molecule has 2 aromatic rings. The van der Waals surface area contributed by atoms with E-state index >= 15 is 0 Å². The Kier molecular flexibility index (Phi) is 15.2. The lowest BCUT2D eigenvalue weighted by atomic mass is 9.86. The Bertz CT molecular complexity index is 1760. The van der Waals surface area contributed by atoms with Crippen LogP contribution in [0.15, 0.2) is 24.3 Å². The van der Waals surface area contributed by atoms with Gasteiger partial charge < -0.3 is 40.5 Å². The Balaban J connectivity index is 1.03. The second kappa shape index (κ2) is 19.9. The highest BCUT2D eigenvalue weighted by Crippen LogP contribution is 2.38. The van der Waals surface area contributed by atoms with Gasteiger partial charge in [0.1, 0.15) is 11.2 Å². The summed E-state index contributed by atoms with van der Waals surface area (Å²) in [5.41, 5.74) is 0.255. The molecule has 16 nitrogen and oxygen atoms in total. The third-order valence-electron chi connectivity index (χ3n) is 10.1. The van der Waals surface area contributed by atoms with E-state index in [1.807, 2.05) is 41.5 Å². The molecule has 3 heterocycles. The lowest BCUT2D eigenvalue weighted by molar-refractivity contribution is 0.0513. The van der Waals surface area contributed by atoms with Gasteiger partial charge in [0, 0.05) is 98.5 Å². The lowest BCUT2D eigenvalue weighted by Gasteiger charge is -2.35. The van der Waals surface area contributed by atoms with Crippen molar-refractivity contribution in [3.8, 4) is 0 Å². The number of benzene rings is 2. The average Bonchev–Trinajstić information content (AvgIpc) is 3.15. The van der Waals surface area contributed by atoms with Gasteiger partial charge in [-0.05, 0) is 118 Å². The second-order valence-electron chi connectivity index (χ2n) is 17.1. The third kappa shape index (κ3) is 12.0. The van der Waals surface area contributed by atoms with E-state index in [0.29, 0.717) is 72.0 Å². The molecule has 16 heteroatoms. The summed E-state index contributed by atoms with van der Waals surface area (Å²) >= 11 is 0. The number of imide groups is 2. The molecule has 2 aromatic carbocycles. The minimum atomic E-state index is -0.526. The molecule has 0 aromatic heterocycles. The number of alkyl carbamates (subject to hydrolysis) is 2. The van der Waals surface area contributed by atoms with Crippen molar-refractivity contribution in [2.75, 3.05) is 91.6 Å². The van der Waals surface area contributed by atoms with Gasteiger partial charge >= 0.3 is 12.2 Å². The van der Waals surface area contributed by atoms with Crippen LogP contribution >= 0.6 is 0 Å². The number of nitrogens with one attached hydrogen (secondary N) is 4. The van der Waals surface area contributed by atoms with Crippen molar-refractivity contribution in [2.24, 2.45) is 0 Å². The number of hydrogen-bond donors (Lipinski definition) is 4. The molecule has 0 aliphatic carbocycles. The Morgan fingerprint density at radius 1 is 0.500 bits per heavy atom. The van der Waals surface area contributed by atoms with Gasteiger partial charge in [-0.25, -0.2) is 9.59 Å². The molecule has 58 heavy (non-hydrogen) atoms. The van der Waals surface area contributed by atoms with Crippen LogP contribution in [0.1, 0.15) is 109 Å². The maximum Gasteiger partial charge on any atom is 0.407 e. The minimum absolute atomic E-state index is 0.229. The molecule has 5 rings (SSSR count). The SMILES string of the molecule is CC(C)(C)OC(=O)NCCCNCCNCCCN1C(=O)c2ccc3c4c(ccc(c24)C1=O)C(=O)N(CCCN1CCN(CCCNC(=O)OC(C)(C)C)CC1)C3=O. The number of hydrogen-bond acceptors (Lipinski definition) is 12. The van der Waals surface area contributed by atoms with Crippen LogP contribution in [-0.4, -0.2) is 158 Å². The molecule has 0 unspecified atom stereocenters.